The molecule has 0 spiro atoms. The van der Waals surface area contributed by atoms with Crippen molar-refractivity contribution in [2.75, 3.05) is 11.9 Å². The zero-order valence-corrected chi connectivity index (χ0v) is 13.0. The molecule has 21 heavy (non-hydrogen) atoms. The number of aromatic nitrogens is 1. The van der Waals surface area contributed by atoms with Gasteiger partial charge in [-0.25, -0.2) is 4.39 Å². The molecule has 2 heterocycles. The van der Waals surface area contributed by atoms with Crippen LogP contribution in [0.2, 0.25) is 0 Å². The molecule has 0 saturated heterocycles. The summed E-state index contributed by atoms with van der Waals surface area (Å²) in [5.41, 5.74) is 2.58. The van der Waals surface area contributed by atoms with E-state index in [0.29, 0.717) is 16.4 Å². The first-order valence-electron chi connectivity index (χ1n) is 7.05. The minimum atomic E-state index is -0.219. The summed E-state index contributed by atoms with van der Waals surface area (Å²) >= 11 is 5.50. The average molecular weight is 303 g/mol. The van der Waals surface area contributed by atoms with Gasteiger partial charge in [-0.3, -0.25) is 0 Å². The number of thiocarbonyl (C=S) groups is 1. The molecule has 1 unspecified atom stereocenters. The van der Waals surface area contributed by atoms with Gasteiger partial charge < -0.3 is 14.8 Å². The van der Waals surface area contributed by atoms with E-state index in [1.165, 1.54) is 11.8 Å². The lowest BCUT2D eigenvalue weighted by molar-refractivity contribution is 0.276. The summed E-state index contributed by atoms with van der Waals surface area (Å²) in [6, 6.07) is 9.47. The van der Waals surface area contributed by atoms with Crippen LogP contribution < -0.4 is 5.32 Å². The van der Waals surface area contributed by atoms with Gasteiger partial charge in [0, 0.05) is 30.7 Å². The molecule has 1 atom stereocenters. The van der Waals surface area contributed by atoms with E-state index in [-0.39, 0.29) is 11.9 Å². The molecule has 3 nitrogen and oxygen atoms in total. The predicted octanol–water partition coefficient (Wildman–Crippen LogP) is 3.71. The van der Waals surface area contributed by atoms with E-state index in [1.54, 1.807) is 13.0 Å². The zero-order chi connectivity index (χ0) is 15.0. The monoisotopic (exact) mass is 303 g/mol. The molecular weight excluding hydrogens is 285 g/mol. The fraction of sp³-hybridized carbons (Fsp3) is 0.312. The van der Waals surface area contributed by atoms with Crippen molar-refractivity contribution in [3.05, 3.63) is 53.6 Å². The van der Waals surface area contributed by atoms with Crippen LogP contribution in [0.5, 0.6) is 0 Å². The van der Waals surface area contributed by atoms with Crippen LogP contribution in [-0.2, 0) is 6.54 Å². The van der Waals surface area contributed by atoms with Crippen molar-refractivity contribution in [1.82, 2.24) is 9.47 Å². The van der Waals surface area contributed by atoms with Crippen molar-refractivity contribution in [3.63, 3.8) is 0 Å². The molecule has 2 aromatic rings. The number of fused-ring (bicyclic) bond motifs is 1. The molecule has 1 N–H and O–H groups in total. The number of hydrogen-bond acceptors (Lipinski definition) is 1. The van der Waals surface area contributed by atoms with Gasteiger partial charge >= 0.3 is 0 Å². The van der Waals surface area contributed by atoms with Gasteiger partial charge in [0.15, 0.2) is 5.11 Å². The Kier molecular flexibility index (Phi) is 3.68. The highest BCUT2D eigenvalue weighted by Gasteiger charge is 2.25. The van der Waals surface area contributed by atoms with Crippen LogP contribution in [0.1, 0.15) is 24.2 Å². The highest BCUT2D eigenvalue weighted by molar-refractivity contribution is 7.80. The SMILES string of the molecule is Cc1ccc(NC(=S)N2CCn3cccc3C2C)cc1F. The number of hydrogen-bond donors (Lipinski definition) is 1. The normalized spacial score (nSPS) is 17.5. The first-order valence-corrected chi connectivity index (χ1v) is 7.46. The van der Waals surface area contributed by atoms with E-state index in [1.807, 2.05) is 6.07 Å². The number of anilines is 1. The summed E-state index contributed by atoms with van der Waals surface area (Å²) in [5.74, 6) is -0.219. The van der Waals surface area contributed by atoms with Crippen LogP contribution >= 0.6 is 12.2 Å². The smallest absolute Gasteiger partial charge is 0.174 e. The van der Waals surface area contributed by atoms with Crippen molar-refractivity contribution in [2.45, 2.75) is 26.4 Å². The minimum absolute atomic E-state index is 0.212. The van der Waals surface area contributed by atoms with Crippen LogP contribution in [0.3, 0.4) is 0 Å². The fourth-order valence-corrected chi connectivity index (χ4v) is 3.09. The largest absolute Gasteiger partial charge is 0.348 e. The predicted molar refractivity (Wildman–Crippen MR) is 86.9 cm³/mol. The molecule has 1 aromatic heterocycles. The number of aryl methyl sites for hydroxylation is 1. The highest BCUT2D eigenvalue weighted by atomic mass is 32.1. The summed E-state index contributed by atoms with van der Waals surface area (Å²) in [7, 11) is 0. The summed E-state index contributed by atoms with van der Waals surface area (Å²) in [4.78, 5) is 2.14. The standard InChI is InChI=1S/C16H18FN3S/c1-11-5-6-13(10-14(11)17)18-16(21)20-9-8-19-7-3-4-15(19)12(20)2/h3-7,10,12H,8-9H2,1-2H3,(H,18,21). The molecule has 0 bridgehead atoms. The molecule has 1 aliphatic heterocycles. The Balaban J connectivity index is 1.75. The fourth-order valence-electron chi connectivity index (χ4n) is 2.72. The highest BCUT2D eigenvalue weighted by Crippen LogP contribution is 2.26. The number of benzene rings is 1. The van der Waals surface area contributed by atoms with E-state index in [9.17, 15) is 4.39 Å². The van der Waals surface area contributed by atoms with E-state index < -0.39 is 0 Å². The number of nitrogens with zero attached hydrogens (tertiary/aromatic N) is 2. The molecule has 110 valence electrons. The lowest BCUT2D eigenvalue weighted by Crippen LogP contribution is -2.42. The Labute approximate surface area is 129 Å². The maximum absolute atomic E-state index is 13.6. The number of nitrogens with one attached hydrogen (secondary N) is 1. The van der Waals surface area contributed by atoms with Crippen LogP contribution in [-0.4, -0.2) is 21.1 Å². The number of halogens is 1. The van der Waals surface area contributed by atoms with Crippen LogP contribution in [0.15, 0.2) is 36.5 Å². The van der Waals surface area contributed by atoms with Crippen LogP contribution in [0.25, 0.3) is 0 Å². The average Bonchev–Trinajstić information content (AvgIpc) is 2.92. The second-order valence-electron chi connectivity index (χ2n) is 5.39. The Morgan fingerprint density at radius 2 is 2.14 bits per heavy atom. The zero-order valence-electron chi connectivity index (χ0n) is 12.1. The van der Waals surface area contributed by atoms with Gasteiger partial charge in [0.05, 0.1) is 6.04 Å². The molecule has 1 aromatic carbocycles. The molecule has 1 aliphatic rings. The van der Waals surface area contributed by atoms with Gasteiger partial charge in [-0.05, 0) is 55.9 Å². The topological polar surface area (TPSA) is 20.2 Å². The van der Waals surface area contributed by atoms with Gasteiger partial charge in [0.25, 0.3) is 0 Å². The Hall–Kier alpha value is -1.88. The van der Waals surface area contributed by atoms with Gasteiger partial charge in [-0.2, -0.15) is 0 Å². The second kappa shape index (κ2) is 5.48. The molecule has 0 fully saturated rings. The van der Waals surface area contributed by atoms with Crippen molar-refractivity contribution < 1.29 is 4.39 Å². The van der Waals surface area contributed by atoms with Crippen molar-refractivity contribution in [2.24, 2.45) is 0 Å². The van der Waals surface area contributed by atoms with E-state index in [4.69, 9.17) is 12.2 Å². The third kappa shape index (κ3) is 2.65. The molecule has 3 rings (SSSR count). The maximum atomic E-state index is 13.6. The molecular formula is C16H18FN3S. The van der Waals surface area contributed by atoms with Gasteiger partial charge in [0.2, 0.25) is 0 Å². The Bertz CT molecular complexity index is 680. The van der Waals surface area contributed by atoms with Gasteiger partial charge in [0.1, 0.15) is 5.82 Å². The Morgan fingerprint density at radius 1 is 1.33 bits per heavy atom. The number of rotatable bonds is 1. The molecule has 5 heteroatoms. The molecule has 0 saturated carbocycles. The quantitative estimate of drug-likeness (QED) is 0.811. The van der Waals surface area contributed by atoms with E-state index in [0.717, 1.165) is 13.1 Å². The van der Waals surface area contributed by atoms with E-state index in [2.05, 4.69) is 40.0 Å². The lowest BCUT2D eigenvalue weighted by Gasteiger charge is -2.36. The molecule has 0 amide bonds. The minimum Gasteiger partial charge on any atom is -0.348 e. The summed E-state index contributed by atoms with van der Waals surface area (Å²) in [6.45, 7) is 5.65. The van der Waals surface area contributed by atoms with Crippen LogP contribution in [0, 0.1) is 12.7 Å². The second-order valence-corrected chi connectivity index (χ2v) is 5.78. The summed E-state index contributed by atoms with van der Waals surface area (Å²) < 4.78 is 15.8. The van der Waals surface area contributed by atoms with Crippen molar-refractivity contribution >= 4 is 23.0 Å². The Morgan fingerprint density at radius 3 is 2.90 bits per heavy atom. The molecule has 0 aliphatic carbocycles. The molecule has 0 radical (unpaired) electrons. The van der Waals surface area contributed by atoms with Gasteiger partial charge in [-0.15, -0.1) is 0 Å². The first kappa shape index (κ1) is 14.1. The van der Waals surface area contributed by atoms with Crippen LogP contribution in [0.4, 0.5) is 10.1 Å². The maximum Gasteiger partial charge on any atom is 0.174 e. The first-order chi connectivity index (χ1) is 10.1. The third-order valence-corrected chi connectivity index (χ3v) is 4.36. The summed E-state index contributed by atoms with van der Waals surface area (Å²) in [6.07, 6.45) is 2.09. The summed E-state index contributed by atoms with van der Waals surface area (Å²) in [5, 5.41) is 3.78. The van der Waals surface area contributed by atoms with Gasteiger partial charge in [-0.1, -0.05) is 6.07 Å². The van der Waals surface area contributed by atoms with E-state index >= 15 is 0 Å². The lowest BCUT2D eigenvalue weighted by atomic mass is 10.1. The third-order valence-electron chi connectivity index (χ3n) is 4.03. The van der Waals surface area contributed by atoms with Crippen molar-refractivity contribution in [3.8, 4) is 0 Å². The van der Waals surface area contributed by atoms with Crippen molar-refractivity contribution in [1.29, 1.82) is 0 Å².